The number of hydrogen-bond donors (Lipinski definition) is 0. The Hall–Kier alpha value is -1.32. The first-order chi connectivity index (χ1) is 6.97. The molecule has 1 rings (SSSR count). The van der Waals surface area contributed by atoms with Gasteiger partial charge in [0.2, 0.25) is 0 Å². The maximum absolute atomic E-state index is 12.8. The number of carbonyl (C=O) groups is 1. The third-order valence-corrected chi connectivity index (χ3v) is 2.33. The molecule has 0 aromatic heterocycles. The Labute approximate surface area is 85.9 Å². The summed E-state index contributed by atoms with van der Waals surface area (Å²) in [5.41, 5.74) is -0.124. The molecule has 0 aliphatic carbocycles. The molecule has 0 N–H and O–H groups in total. The zero-order valence-electron chi connectivity index (χ0n) is 8.48. The lowest BCUT2D eigenvalue weighted by Crippen LogP contribution is -2.11. The Bertz CT molecular complexity index is 364. The van der Waals surface area contributed by atoms with E-state index in [1.54, 1.807) is 13.8 Å². The highest BCUT2D eigenvalue weighted by atomic mass is 19.2. The highest BCUT2D eigenvalue weighted by Crippen LogP contribution is 2.17. The second-order valence-corrected chi connectivity index (χ2v) is 3.43. The number of benzene rings is 1. The molecule has 0 aliphatic rings. The van der Waals surface area contributed by atoms with Gasteiger partial charge in [0, 0.05) is 11.5 Å². The van der Waals surface area contributed by atoms with E-state index in [0.717, 1.165) is 12.1 Å². The van der Waals surface area contributed by atoms with Gasteiger partial charge in [-0.05, 0) is 18.6 Å². The molecule has 1 unspecified atom stereocenters. The molecule has 0 aliphatic heterocycles. The maximum Gasteiger partial charge on any atom is 0.194 e. The number of Topliss-reactive ketones (excluding diaryl/α,β-unsaturated/α-hetero) is 1. The maximum atomic E-state index is 12.8. The molecule has 1 aromatic carbocycles. The van der Waals surface area contributed by atoms with Crippen molar-refractivity contribution in [2.75, 3.05) is 0 Å². The molecule has 1 atom stereocenters. The summed E-state index contributed by atoms with van der Waals surface area (Å²) in [7, 11) is 0. The van der Waals surface area contributed by atoms with Crippen molar-refractivity contribution in [2.45, 2.75) is 20.3 Å². The number of ketones is 1. The first kappa shape index (κ1) is 11.8. The fourth-order valence-electron chi connectivity index (χ4n) is 1.17. The van der Waals surface area contributed by atoms with E-state index in [2.05, 4.69) is 0 Å². The fourth-order valence-corrected chi connectivity index (χ4v) is 1.17. The normalized spacial score (nSPS) is 12.6. The minimum absolute atomic E-state index is 0.124. The Morgan fingerprint density at radius 1 is 1.27 bits per heavy atom. The standard InChI is InChI=1S/C11H11F3O/c1-3-6(2)11(15)7-4-8(12)10(14)9(13)5-7/h4-6H,3H2,1-2H3. The van der Waals surface area contributed by atoms with Gasteiger partial charge in [0.25, 0.3) is 0 Å². The van der Waals surface area contributed by atoms with Gasteiger partial charge in [-0.3, -0.25) is 4.79 Å². The van der Waals surface area contributed by atoms with Gasteiger partial charge in [-0.1, -0.05) is 13.8 Å². The van der Waals surface area contributed by atoms with Crippen LogP contribution in [0, 0.1) is 23.4 Å². The van der Waals surface area contributed by atoms with Gasteiger partial charge in [-0.25, -0.2) is 13.2 Å². The monoisotopic (exact) mass is 216 g/mol. The van der Waals surface area contributed by atoms with Crippen LogP contribution >= 0.6 is 0 Å². The van der Waals surface area contributed by atoms with Crippen LogP contribution in [-0.4, -0.2) is 5.78 Å². The predicted molar refractivity (Wildman–Crippen MR) is 50.1 cm³/mol. The van der Waals surface area contributed by atoms with Crippen molar-refractivity contribution in [3.05, 3.63) is 35.1 Å². The third kappa shape index (κ3) is 2.37. The molecule has 0 saturated heterocycles. The lowest BCUT2D eigenvalue weighted by Gasteiger charge is -2.07. The van der Waals surface area contributed by atoms with Crippen LogP contribution in [-0.2, 0) is 0 Å². The van der Waals surface area contributed by atoms with Crippen LogP contribution < -0.4 is 0 Å². The summed E-state index contributed by atoms with van der Waals surface area (Å²) in [5, 5.41) is 0. The molecule has 0 saturated carbocycles. The summed E-state index contributed by atoms with van der Waals surface area (Å²) in [4.78, 5) is 11.5. The van der Waals surface area contributed by atoms with Crippen LogP contribution in [0.1, 0.15) is 30.6 Å². The van der Waals surface area contributed by atoms with Gasteiger partial charge in [0.1, 0.15) is 0 Å². The highest BCUT2D eigenvalue weighted by Gasteiger charge is 2.18. The molecule has 4 heteroatoms. The Balaban J connectivity index is 3.12. The third-order valence-electron chi connectivity index (χ3n) is 2.33. The van der Waals surface area contributed by atoms with E-state index in [1.807, 2.05) is 0 Å². The van der Waals surface area contributed by atoms with Gasteiger partial charge in [0.15, 0.2) is 23.2 Å². The summed E-state index contributed by atoms with van der Waals surface area (Å²) in [6, 6.07) is 1.46. The average molecular weight is 216 g/mol. The fraction of sp³-hybridized carbons (Fsp3) is 0.364. The molecule has 0 amide bonds. The largest absolute Gasteiger partial charge is 0.294 e. The van der Waals surface area contributed by atoms with Crippen molar-refractivity contribution < 1.29 is 18.0 Å². The van der Waals surface area contributed by atoms with Crippen molar-refractivity contribution in [3.63, 3.8) is 0 Å². The van der Waals surface area contributed by atoms with E-state index in [-0.39, 0.29) is 17.3 Å². The Morgan fingerprint density at radius 3 is 2.13 bits per heavy atom. The van der Waals surface area contributed by atoms with E-state index in [9.17, 15) is 18.0 Å². The van der Waals surface area contributed by atoms with Crippen LogP contribution in [0.25, 0.3) is 0 Å². The second kappa shape index (κ2) is 4.47. The lowest BCUT2D eigenvalue weighted by atomic mass is 9.97. The quantitative estimate of drug-likeness (QED) is 0.559. The van der Waals surface area contributed by atoms with Crippen LogP contribution in [0.2, 0.25) is 0 Å². The van der Waals surface area contributed by atoms with Gasteiger partial charge >= 0.3 is 0 Å². The minimum Gasteiger partial charge on any atom is -0.294 e. The number of halogens is 3. The van der Waals surface area contributed by atoms with Gasteiger partial charge in [-0.2, -0.15) is 0 Å². The van der Waals surface area contributed by atoms with Crippen molar-refractivity contribution >= 4 is 5.78 Å². The summed E-state index contributed by atoms with van der Waals surface area (Å²) < 4.78 is 38.2. The molecular weight excluding hydrogens is 205 g/mol. The van der Waals surface area contributed by atoms with E-state index in [4.69, 9.17) is 0 Å². The number of rotatable bonds is 3. The van der Waals surface area contributed by atoms with E-state index in [0.29, 0.717) is 6.42 Å². The Kier molecular flexibility index (Phi) is 3.50. The molecule has 0 fully saturated rings. The van der Waals surface area contributed by atoms with E-state index in [1.165, 1.54) is 0 Å². The van der Waals surface area contributed by atoms with E-state index >= 15 is 0 Å². The molecule has 15 heavy (non-hydrogen) atoms. The summed E-state index contributed by atoms with van der Waals surface area (Å²) in [5.74, 6) is -4.91. The number of hydrogen-bond acceptors (Lipinski definition) is 1. The first-order valence-corrected chi connectivity index (χ1v) is 4.66. The first-order valence-electron chi connectivity index (χ1n) is 4.66. The van der Waals surface area contributed by atoms with Crippen LogP contribution in [0.4, 0.5) is 13.2 Å². The topological polar surface area (TPSA) is 17.1 Å². The zero-order valence-corrected chi connectivity index (χ0v) is 8.48. The summed E-state index contributed by atoms with van der Waals surface area (Å²) >= 11 is 0. The van der Waals surface area contributed by atoms with Gasteiger partial charge < -0.3 is 0 Å². The predicted octanol–water partition coefficient (Wildman–Crippen LogP) is 3.33. The van der Waals surface area contributed by atoms with Crippen molar-refractivity contribution in [1.82, 2.24) is 0 Å². The van der Waals surface area contributed by atoms with Crippen molar-refractivity contribution in [3.8, 4) is 0 Å². The van der Waals surface area contributed by atoms with Crippen LogP contribution in [0.3, 0.4) is 0 Å². The summed E-state index contributed by atoms with van der Waals surface area (Å²) in [6.45, 7) is 3.44. The van der Waals surface area contributed by atoms with Crippen LogP contribution in [0.5, 0.6) is 0 Å². The lowest BCUT2D eigenvalue weighted by molar-refractivity contribution is 0.0926. The smallest absolute Gasteiger partial charge is 0.194 e. The second-order valence-electron chi connectivity index (χ2n) is 3.43. The molecule has 1 nitrogen and oxygen atoms in total. The van der Waals surface area contributed by atoms with Crippen LogP contribution in [0.15, 0.2) is 12.1 Å². The average Bonchev–Trinajstić information content (AvgIpc) is 2.23. The highest BCUT2D eigenvalue weighted by molar-refractivity contribution is 5.97. The number of carbonyl (C=O) groups excluding carboxylic acids is 1. The van der Waals surface area contributed by atoms with Gasteiger partial charge in [-0.15, -0.1) is 0 Å². The molecule has 1 aromatic rings. The molecular formula is C11H11F3O. The van der Waals surface area contributed by atoms with Gasteiger partial charge in [0.05, 0.1) is 0 Å². The SMILES string of the molecule is CCC(C)C(=O)c1cc(F)c(F)c(F)c1. The summed E-state index contributed by atoms with van der Waals surface area (Å²) in [6.07, 6.45) is 0.569. The molecule has 0 bridgehead atoms. The molecule has 82 valence electrons. The molecule has 0 heterocycles. The van der Waals surface area contributed by atoms with Crippen molar-refractivity contribution in [1.29, 1.82) is 0 Å². The Morgan fingerprint density at radius 2 is 1.73 bits per heavy atom. The molecule has 0 radical (unpaired) electrons. The van der Waals surface area contributed by atoms with E-state index < -0.39 is 17.5 Å². The minimum atomic E-state index is -1.55. The zero-order chi connectivity index (χ0) is 11.6. The molecule has 0 spiro atoms. The van der Waals surface area contributed by atoms with Crippen molar-refractivity contribution in [2.24, 2.45) is 5.92 Å².